The quantitative estimate of drug-likeness (QED) is 0.649. The molecule has 36 heavy (non-hydrogen) atoms. The first kappa shape index (κ1) is 24.7. The van der Waals surface area contributed by atoms with Gasteiger partial charge in [-0.25, -0.2) is 4.98 Å². The van der Waals surface area contributed by atoms with Crippen molar-refractivity contribution in [2.24, 2.45) is 5.41 Å². The Morgan fingerprint density at radius 3 is 2.53 bits per heavy atom. The standard InChI is InChI=1S/C26H32N6O3S/c1-31-16-20(17-32(2)36(31,34)35)19-5-6-23(30-25(33)24-28-15-21(14-27)29-24)22(13-19)18-7-11-26(12-8-18)9-3-4-10-26/h5-7,13,15,20H,3-4,8-12,16-17H2,1-2H3,(H,28,29)(H,30,33). The lowest BCUT2D eigenvalue weighted by atomic mass is 9.72. The van der Waals surface area contributed by atoms with Crippen LogP contribution in [0.2, 0.25) is 0 Å². The molecule has 2 aliphatic carbocycles. The van der Waals surface area contributed by atoms with Crippen molar-refractivity contribution in [2.75, 3.05) is 32.5 Å². The fraction of sp³-hybridized carbons (Fsp3) is 0.500. The van der Waals surface area contributed by atoms with E-state index in [9.17, 15) is 13.2 Å². The smallest absolute Gasteiger partial charge is 0.291 e. The number of carbonyl (C=O) groups is 1. The molecule has 190 valence electrons. The van der Waals surface area contributed by atoms with Crippen LogP contribution in [0.5, 0.6) is 0 Å². The average molecular weight is 509 g/mol. The summed E-state index contributed by atoms with van der Waals surface area (Å²) in [5.74, 6) is -0.303. The number of hydrogen-bond acceptors (Lipinski definition) is 5. The molecule has 9 nitrogen and oxygen atoms in total. The first-order chi connectivity index (χ1) is 17.2. The van der Waals surface area contributed by atoms with Gasteiger partial charge in [0.2, 0.25) is 0 Å². The monoisotopic (exact) mass is 508 g/mol. The first-order valence-corrected chi connectivity index (χ1v) is 13.9. The predicted octanol–water partition coefficient (Wildman–Crippen LogP) is 3.87. The first-order valence-electron chi connectivity index (χ1n) is 12.5. The van der Waals surface area contributed by atoms with Crippen LogP contribution in [-0.2, 0) is 10.2 Å². The number of aromatic nitrogens is 2. The second-order valence-corrected chi connectivity index (χ2v) is 12.6. The lowest BCUT2D eigenvalue weighted by Gasteiger charge is -2.36. The molecule has 2 heterocycles. The van der Waals surface area contributed by atoms with Gasteiger partial charge in [0.1, 0.15) is 11.8 Å². The number of allylic oxidation sites excluding steroid dienone is 2. The third-order valence-electron chi connectivity index (χ3n) is 8.13. The van der Waals surface area contributed by atoms with Crippen molar-refractivity contribution in [1.82, 2.24) is 18.6 Å². The summed E-state index contributed by atoms with van der Waals surface area (Å²) in [7, 11) is -0.198. The van der Waals surface area contributed by atoms with Gasteiger partial charge in [-0.15, -0.1) is 0 Å². The van der Waals surface area contributed by atoms with Crippen LogP contribution in [0.3, 0.4) is 0 Å². The van der Waals surface area contributed by atoms with E-state index in [1.807, 2.05) is 18.2 Å². The number of imidazole rings is 1. The Morgan fingerprint density at radius 1 is 1.19 bits per heavy atom. The van der Waals surface area contributed by atoms with E-state index in [1.165, 1.54) is 46.1 Å². The number of H-pyrrole nitrogens is 1. The summed E-state index contributed by atoms with van der Waals surface area (Å²) in [5, 5.41) is 12.0. The van der Waals surface area contributed by atoms with Crippen molar-refractivity contribution in [2.45, 2.75) is 50.9 Å². The SMILES string of the molecule is CN1CC(c2ccc(NC(=O)c3ncc(C#N)[nH]3)c(C3=CCC4(CCCC4)CC3)c2)CN(C)S1(=O)=O. The van der Waals surface area contributed by atoms with Gasteiger partial charge in [-0.1, -0.05) is 25.0 Å². The van der Waals surface area contributed by atoms with Gasteiger partial charge in [0.15, 0.2) is 5.82 Å². The maximum atomic E-state index is 12.9. The summed E-state index contributed by atoms with van der Waals surface area (Å²) in [6, 6.07) is 7.93. The van der Waals surface area contributed by atoms with E-state index < -0.39 is 16.1 Å². The van der Waals surface area contributed by atoms with Crippen LogP contribution in [0.15, 0.2) is 30.5 Å². The molecular weight excluding hydrogens is 476 g/mol. The third-order valence-corrected chi connectivity index (χ3v) is 10.0. The Balaban J connectivity index is 1.47. The Labute approximate surface area is 212 Å². The number of anilines is 1. The Kier molecular flexibility index (Phi) is 6.49. The molecule has 1 saturated carbocycles. The van der Waals surface area contributed by atoms with Crippen molar-refractivity contribution in [1.29, 1.82) is 5.26 Å². The van der Waals surface area contributed by atoms with Gasteiger partial charge < -0.3 is 10.3 Å². The van der Waals surface area contributed by atoms with Gasteiger partial charge in [-0.2, -0.15) is 22.3 Å². The van der Waals surface area contributed by atoms with E-state index >= 15 is 0 Å². The van der Waals surface area contributed by atoms with Gasteiger partial charge in [0.05, 0.1) is 6.20 Å². The maximum Gasteiger partial charge on any atom is 0.291 e. The van der Waals surface area contributed by atoms with E-state index in [4.69, 9.17) is 5.26 Å². The molecule has 2 N–H and O–H groups in total. The van der Waals surface area contributed by atoms with Crippen molar-refractivity contribution in [3.8, 4) is 6.07 Å². The number of nitrogens with one attached hydrogen (secondary N) is 2. The maximum absolute atomic E-state index is 12.9. The topological polar surface area (TPSA) is 122 Å². The van der Waals surface area contributed by atoms with Crippen molar-refractivity contribution >= 4 is 27.4 Å². The summed E-state index contributed by atoms with van der Waals surface area (Å²) >= 11 is 0. The molecule has 10 heteroatoms. The molecule has 2 fully saturated rings. The largest absolute Gasteiger partial charge is 0.326 e. The number of benzene rings is 1. The van der Waals surface area contributed by atoms with E-state index in [2.05, 4.69) is 27.4 Å². The molecule has 3 aliphatic rings. The molecule has 0 unspecified atom stereocenters. The van der Waals surface area contributed by atoms with Crippen LogP contribution >= 0.6 is 0 Å². The molecule has 1 aromatic carbocycles. The van der Waals surface area contributed by atoms with Crippen LogP contribution in [0, 0.1) is 16.7 Å². The highest BCUT2D eigenvalue weighted by Gasteiger charge is 2.36. The third kappa shape index (κ3) is 4.59. The van der Waals surface area contributed by atoms with Gasteiger partial charge in [-0.05, 0) is 60.8 Å². The molecule has 1 spiro atoms. The van der Waals surface area contributed by atoms with Crippen LogP contribution in [0.4, 0.5) is 5.69 Å². The van der Waals surface area contributed by atoms with Crippen LogP contribution in [-0.4, -0.2) is 60.1 Å². The number of amides is 1. The summed E-state index contributed by atoms with van der Waals surface area (Å²) in [5.41, 5.74) is 4.58. The van der Waals surface area contributed by atoms with Gasteiger partial charge >= 0.3 is 0 Å². The molecular formula is C26H32N6O3S. The average Bonchev–Trinajstić information content (AvgIpc) is 3.53. The predicted molar refractivity (Wildman–Crippen MR) is 137 cm³/mol. The van der Waals surface area contributed by atoms with Gasteiger partial charge in [-0.3, -0.25) is 4.79 Å². The molecule has 0 radical (unpaired) electrons. The minimum Gasteiger partial charge on any atom is -0.326 e. The Hall–Kier alpha value is -3.00. The molecule has 5 rings (SSSR count). The molecule has 1 saturated heterocycles. The zero-order chi connectivity index (χ0) is 25.5. The van der Waals surface area contributed by atoms with E-state index in [1.54, 1.807) is 14.1 Å². The van der Waals surface area contributed by atoms with Crippen LogP contribution in [0.25, 0.3) is 5.57 Å². The summed E-state index contributed by atoms with van der Waals surface area (Å²) in [6.07, 6.45) is 12.0. The molecule has 0 atom stereocenters. The summed E-state index contributed by atoms with van der Waals surface area (Å²) < 4.78 is 27.6. The molecule has 1 aromatic heterocycles. The van der Waals surface area contributed by atoms with Crippen LogP contribution < -0.4 is 5.32 Å². The van der Waals surface area contributed by atoms with Crippen molar-refractivity contribution in [3.63, 3.8) is 0 Å². The summed E-state index contributed by atoms with van der Waals surface area (Å²) in [6.45, 7) is 0.812. The second kappa shape index (κ2) is 9.47. The number of likely N-dealkylation sites (N-methyl/N-ethyl adjacent to an activating group) is 2. The molecule has 2 aromatic rings. The zero-order valence-corrected chi connectivity index (χ0v) is 21.6. The number of nitrogens with zero attached hydrogens (tertiary/aromatic N) is 4. The van der Waals surface area contributed by atoms with E-state index in [0.717, 1.165) is 30.4 Å². The lowest BCUT2D eigenvalue weighted by Crippen LogP contribution is -2.49. The lowest BCUT2D eigenvalue weighted by molar-refractivity contribution is 0.101. The minimum atomic E-state index is -3.41. The number of hydrogen-bond donors (Lipinski definition) is 2. The van der Waals surface area contributed by atoms with Gasteiger partial charge in [0.25, 0.3) is 16.1 Å². The summed E-state index contributed by atoms with van der Waals surface area (Å²) in [4.78, 5) is 19.7. The number of aromatic amines is 1. The fourth-order valence-electron chi connectivity index (χ4n) is 5.95. The number of carbonyl (C=O) groups excluding carboxylic acids is 1. The van der Waals surface area contributed by atoms with Gasteiger partial charge in [0, 0.05) is 44.4 Å². The fourth-order valence-corrected chi connectivity index (χ4v) is 7.16. The number of rotatable bonds is 4. The Bertz CT molecular complexity index is 1330. The molecule has 1 amide bonds. The molecule has 1 aliphatic heterocycles. The Morgan fingerprint density at radius 2 is 1.92 bits per heavy atom. The number of nitriles is 1. The van der Waals surface area contributed by atoms with E-state index in [0.29, 0.717) is 24.2 Å². The normalized spacial score (nSPS) is 22.3. The zero-order valence-electron chi connectivity index (χ0n) is 20.7. The highest BCUT2D eigenvalue weighted by molar-refractivity contribution is 7.86. The van der Waals surface area contributed by atoms with Crippen molar-refractivity contribution in [3.05, 3.63) is 53.1 Å². The van der Waals surface area contributed by atoms with Crippen molar-refractivity contribution < 1.29 is 13.2 Å². The minimum absolute atomic E-state index is 0.0145. The highest BCUT2D eigenvalue weighted by atomic mass is 32.2. The highest BCUT2D eigenvalue weighted by Crippen LogP contribution is 2.50. The van der Waals surface area contributed by atoms with Crippen LogP contribution in [0.1, 0.15) is 78.3 Å². The molecule has 0 bridgehead atoms. The van der Waals surface area contributed by atoms with E-state index in [-0.39, 0.29) is 17.4 Å². The second-order valence-electron chi connectivity index (χ2n) is 10.4.